The van der Waals surface area contributed by atoms with Gasteiger partial charge in [-0.05, 0) is 48.7 Å². The highest BCUT2D eigenvalue weighted by atomic mass is 19.1. The highest BCUT2D eigenvalue weighted by Crippen LogP contribution is 2.40. The van der Waals surface area contributed by atoms with Crippen LogP contribution in [0.15, 0.2) is 46.9 Å². The Kier molecular flexibility index (Phi) is 3.33. The van der Waals surface area contributed by atoms with Gasteiger partial charge < -0.3 is 9.73 Å². The number of carbonyl (C=O) groups is 1. The number of halogens is 1. The van der Waals surface area contributed by atoms with Gasteiger partial charge in [0.25, 0.3) is 0 Å². The average Bonchev–Trinajstić information content (AvgIpc) is 3.29. The lowest BCUT2D eigenvalue weighted by molar-refractivity contribution is -0.115. The largest absolute Gasteiger partial charge is 0.440 e. The van der Waals surface area contributed by atoms with E-state index in [2.05, 4.69) is 10.3 Å². The zero-order valence-electron chi connectivity index (χ0n) is 12.4. The van der Waals surface area contributed by atoms with Crippen LogP contribution in [0.4, 0.5) is 10.1 Å². The molecule has 1 fully saturated rings. The molecule has 0 radical (unpaired) electrons. The summed E-state index contributed by atoms with van der Waals surface area (Å²) in [4.78, 5) is 16.6. The summed E-state index contributed by atoms with van der Waals surface area (Å²) < 4.78 is 18.6. The van der Waals surface area contributed by atoms with Crippen molar-refractivity contribution in [3.63, 3.8) is 0 Å². The standard InChI is InChI=1S/C18H15FN2O2/c19-13-5-1-11(2-6-13)9-17(22)20-14-7-8-16-15(10-14)21-18(23-16)12-3-4-12/h1-2,5-8,10,12H,3-4,9H2,(H,20,22). The topological polar surface area (TPSA) is 55.1 Å². The maximum Gasteiger partial charge on any atom is 0.228 e. The van der Waals surface area contributed by atoms with E-state index in [1.54, 1.807) is 18.2 Å². The van der Waals surface area contributed by atoms with E-state index in [1.165, 1.54) is 12.1 Å². The maximum atomic E-state index is 12.9. The average molecular weight is 310 g/mol. The summed E-state index contributed by atoms with van der Waals surface area (Å²) in [7, 11) is 0. The fourth-order valence-corrected chi connectivity index (χ4v) is 2.52. The minimum Gasteiger partial charge on any atom is -0.440 e. The van der Waals surface area contributed by atoms with E-state index in [1.807, 2.05) is 12.1 Å². The van der Waals surface area contributed by atoms with Crippen LogP contribution in [-0.2, 0) is 11.2 Å². The highest BCUT2D eigenvalue weighted by molar-refractivity contribution is 5.94. The predicted octanol–water partition coefficient (Wildman–Crippen LogP) is 4.03. The summed E-state index contributed by atoms with van der Waals surface area (Å²) in [6, 6.07) is 11.4. The number of hydrogen-bond donors (Lipinski definition) is 1. The van der Waals surface area contributed by atoms with Crippen LogP contribution in [-0.4, -0.2) is 10.9 Å². The molecule has 1 aliphatic carbocycles. The SMILES string of the molecule is O=C(Cc1ccc(F)cc1)Nc1ccc2oc(C3CC3)nc2c1. The molecule has 0 spiro atoms. The van der Waals surface area contributed by atoms with Crippen molar-refractivity contribution in [3.8, 4) is 0 Å². The Labute approximate surface area is 132 Å². The summed E-state index contributed by atoms with van der Waals surface area (Å²) in [6.07, 6.45) is 2.46. The van der Waals surface area contributed by atoms with Crippen molar-refractivity contribution >= 4 is 22.7 Å². The van der Waals surface area contributed by atoms with Gasteiger partial charge in [-0.25, -0.2) is 9.37 Å². The molecule has 0 bridgehead atoms. The molecule has 5 heteroatoms. The molecule has 116 valence electrons. The van der Waals surface area contributed by atoms with Crippen LogP contribution in [0, 0.1) is 5.82 Å². The van der Waals surface area contributed by atoms with Crippen molar-refractivity contribution in [2.24, 2.45) is 0 Å². The number of amides is 1. The molecule has 1 aliphatic rings. The van der Waals surface area contributed by atoms with E-state index in [0.29, 0.717) is 11.6 Å². The maximum absolute atomic E-state index is 12.9. The molecule has 1 amide bonds. The second kappa shape index (κ2) is 5.50. The third-order valence-corrected chi connectivity index (χ3v) is 3.89. The molecular weight excluding hydrogens is 295 g/mol. The van der Waals surface area contributed by atoms with E-state index < -0.39 is 0 Å². The second-order valence-electron chi connectivity index (χ2n) is 5.86. The van der Waals surface area contributed by atoms with Gasteiger partial charge in [-0.1, -0.05) is 12.1 Å². The molecule has 0 aliphatic heterocycles. The summed E-state index contributed by atoms with van der Waals surface area (Å²) in [6.45, 7) is 0. The van der Waals surface area contributed by atoms with E-state index >= 15 is 0 Å². The van der Waals surface area contributed by atoms with Gasteiger partial charge in [0.15, 0.2) is 11.5 Å². The number of oxazole rings is 1. The Morgan fingerprint density at radius 3 is 2.74 bits per heavy atom. The minimum atomic E-state index is -0.308. The van der Waals surface area contributed by atoms with Crippen LogP contribution >= 0.6 is 0 Å². The van der Waals surface area contributed by atoms with Crippen molar-refractivity contribution < 1.29 is 13.6 Å². The van der Waals surface area contributed by atoms with Crippen molar-refractivity contribution in [3.05, 3.63) is 59.7 Å². The quantitative estimate of drug-likeness (QED) is 0.791. The Morgan fingerprint density at radius 1 is 1.22 bits per heavy atom. The number of rotatable bonds is 4. The third kappa shape index (κ3) is 3.08. The molecular formula is C18H15FN2O2. The molecule has 0 unspecified atom stereocenters. The van der Waals surface area contributed by atoms with Gasteiger partial charge in [0, 0.05) is 11.6 Å². The summed E-state index contributed by atoms with van der Waals surface area (Å²) in [5, 5.41) is 2.84. The molecule has 4 rings (SSSR count). The van der Waals surface area contributed by atoms with Gasteiger partial charge >= 0.3 is 0 Å². The number of nitrogens with zero attached hydrogens (tertiary/aromatic N) is 1. The number of carbonyl (C=O) groups excluding carboxylic acids is 1. The van der Waals surface area contributed by atoms with Gasteiger partial charge in [-0.2, -0.15) is 0 Å². The van der Waals surface area contributed by atoms with Crippen LogP contribution in [0.1, 0.15) is 30.2 Å². The number of nitrogens with one attached hydrogen (secondary N) is 1. The first kappa shape index (κ1) is 13.9. The summed E-state index contributed by atoms with van der Waals surface area (Å²) in [5.74, 6) is 0.785. The summed E-state index contributed by atoms with van der Waals surface area (Å²) >= 11 is 0. The highest BCUT2D eigenvalue weighted by Gasteiger charge is 2.28. The monoisotopic (exact) mass is 310 g/mol. The van der Waals surface area contributed by atoms with Crippen molar-refractivity contribution in [2.75, 3.05) is 5.32 Å². The van der Waals surface area contributed by atoms with Gasteiger partial charge in [-0.3, -0.25) is 4.79 Å². The van der Waals surface area contributed by atoms with E-state index in [9.17, 15) is 9.18 Å². The predicted molar refractivity (Wildman–Crippen MR) is 84.7 cm³/mol. The lowest BCUT2D eigenvalue weighted by Crippen LogP contribution is -2.14. The molecule has 4 nitrogen and oxygen atoms in total. The normalized spacial score (nSPS) is 14.1. The Balaban J connectivity index is 1.47. The Hall–Kier alpha value is -2.69. The number of anilines is 1. The Bertz CT molecular complexity index is 866. The smallest absolute Gasteiger partial charge is 0.228 e. The van der Waals surface area contributed by atoms with E-state index in [0.717, 1.165) is 35.4 Å². The van der Waals surface area contributed by atoms with Crippen molar-refractivity contribution in [1.29, 1.82) is 0 Å². The number of benzene rings is 2. The van der Waals surface area contributed by atoms with Gasteiger partial charge in [-0.15, -0.1) is 0 Å². The van der Waals surface area contributed by atoms with Crippen LogP contribution < -0.4 is 5.32 Å². The number of fused-ring (bicyclic) bond motifs is 1. The zero-order chi connectivity index (χ0) is 15.8. The molecule has 1 heterocycles. The van der Waals surface area contributed by atoms with Crippen LogP contribution in [0.3, 0.4) is 0 Å². The molecule has 1 N–H and O–H groups in total. The van der Waals surface area contributed by atoms with E-state index in [4.69, 9.17) is 4.42 Å². The van der Waals surface area contributed by atoms with Crippen molar-refractivity contribution in [2.45, 2.75) is 25.2 Å². The number of hydrogen-bond acceptors (Lipinski definition) is 3. The molecule has 0 atom stereocenters. The van der Waals surface area contributed by atoms with Gasteiger partial charge in [0.1, 0.15) is 11.3 Å². The first-order valence-electron chi connectivity index (χ1n) is 7.62. The van der Waals surface area contributed by atoms with Gasteiger partial charge in [0.05, 0.1) is 6.42 Å². The van der Waals surface area contributed by atoms with Crippen LogP contribution in [0.2, 0.25) is 0 Å². The van der Waals surface area contributed by atoms with E-state index in [-0.39, 0.29) is 18.1 Å². The first-order chi connectivity index (χ1) is 11.2. The molecule has 23 heavy (non-hydrogen) atoms. The molecule has 2 aromatic carbocycles. The van der Waals surface area contributed by atoms with Crippen LogP contribution in [0.25, 0.3) is 11.1 Å². The lowest BCUT2D eigenvalue weighted by atomic mass is 10.1. The molecule has 0 saturated heterocycles. The fraction of sp³-hybridized carbons (Fsp3) is 0.222. The first-order valence-corrected chi connectivity index (χ1v) is 7.62. The summed E-state index contributed by atoms with van der Waals surface area (Å²) in [5.41, 5.74) is 2.94. The van der Waals surface area contributed by atoms with Crippen molar-refractivity contribution in [1.82, 2.24) is 4.98 Å². The molecule has 1 saturated carbocycles. The fourth-order valence-electron chi connectivity index (χ4n) is 2.52. The second-order valence-corrected chi connectivity index (χ2v) is 5.86. The lowest BCUT2D eigenvalue weighted by Gasteiger charge is -2.05. The van der Waals surface area contributed by atoms with Gasteiger partial charge in [0.2, 0.25) is 5.91 Å². The molecule has 1 aromatic heterocycles. The third-order valence-electron chi connectivity index (χ3n) is 3.89. The number of aromatic nitrogens is 1. The molecule has 3 aromatic rings. The minimum absolute atomic E-state index is 0.151. The Morgan fingerprint density at radius 2 is 2.00 bits per heavy atom. The van der Waals surface area contributed by atoms with Crippen LogP contribution in [0.5, 0.6) is 0 Å². The zero-order valence-corrected chi connectivity index (χ0v) is 12.4.